The van der Waals surface area contributed by atoms with Crippen molar-refractivity contribution in [2.24, 2.45) is 0 Å². The smallest absolute Gasteiger partial charge is 0.259 e. The van der Waals surface area contributed by atoms with E-state index in [0.29, 0.717) is 29.2 Å². The van der Waals surface area contributed by atoms with Gasteiger partial charge in [0.05, 0.1) is 11.6 Å². The number of hydrogen-bond acceptors (Lipinski definition) is 4. The first-order valence-electron chi connectivity index (χ1n) is 10.8. The lowest BCUT2D eigenvalue weighted by atomic mass is 10.1. The van der Waals surface area contributed by atoms with Crippen LogP contribution in [0.1, 0.15) is 16.9 Å². The van der Waals surface area contributed by atoms with Crippen LogP contribution in [0.15, 0.2) is 60.4 Å². The van der Waals surface area contributed by atoms with Crippen molar-refractivity contribution >= 4 is 45.8 Å². The number of nitrogens with one attached hydrogen (secondary N) is 2. The van der Waals surface area contributed by atoms with E-state index in [-0.39, 0.29) is 18.7 Å². The summed E-state index contributed by atoms with van der Waals surface area (Å²) in [4.78, 5) is 36.4. The lowest BCUT2D eigenvalue weighted by Gasteiger charge is -2.26. The molecule has 0 spiro atoms. The van der Waals surface area contributed by atoms with Crippen LogP contribution in [0.4, 0.5) is 8.78 Å². The number of H-pyrrole nitrogens is 1. The number of rotatable bonds is 6. The van der Waals surface area contributed by atoms with Gasteiger partial charge in [-0.05, 0) is 42.3 Å². The summed E-state index contributed by atoms with van der Waals surface area (Å²) in [6.45, 7) is 0.744. The van der Waals surface area contributed by atoms with Gasteiger partial charge >= 0.3 is 0 Å². The highest BCUT2D eigenvalue weighted by Gasteiger charge is 2.27. The minimum absolute atomic E-state index is 0.0464. The molecule has 0 radical (unpaired) electrons. The van der Waals surface area contributed by atoms with Crippen LogP contribution in [0.5, 0.6) is 0 Å². The summed E-state index contributed by atoms with van der Waals surface area (Å²) in [5.74, 6) is -2.83. The Labute approximate surface area is 208 Å². The Kier molecular flexibility index (Phi) is 6.36. The highest BCUT2D eigenvalue weighted by molar-refractivity contribution is 7.15. The van der Waals surface area contributed by atoms with Gasteiger partial charge in [-0.2, -0.15) is 0 Å². The minimum Gasteiger partial charge on any atom is -0.347 e. The van der Waals surface area contributed by atoms with Crippen molar-refractivity contribution in [2.75, 3.05) is 6.54 Å². The van der Waals surface area contributed by atoms with Gasteiger partial charge in [0.2, 0.25) is 0 Å². The van der Waals surface area contributed by atoms with E-state index in [0.717, 1.165) is 32.8 Å². The second kappa shape index (κ2) is 9.59. The van der Waals surface area contributed by atoms with E-state index in [4.69, 9.17) is 11.6 Å². The van der Waals surface area contributed by atoms with Gasteiger partial charge in [-0.3, -0.25) is 9.59 Å². The third-order valence-corrected chi connectivity index (χ3v) is 7.17. The SMILES string of the molecule is O=C(NCc1ccc(-c2c[nH]c3nccc(Cl)c23)s1)C1=CCCN(Cc2ccc(F)c(F)c2)C1=O. The molecule has 4 aromatic rings. The van der Waals surface area contributed by atoms with Crippen LogP contribution in [0.3, 0.4) is 0 Å². The standard InChI is InChI=1S/C25H19ClF2N4O2S/c26-18-7-8-29-23-22(18)17(12-30-23)21-6-4-15(35-21)11-31-24(33)16-2-1-9-32(25(16)34)13-14-3-5-19(27)20(28)10-14/h2-8,10,12H,1,9,11,13H2,(H,29,30)(H,31,33). The summed E-state index contributed by atoms with van der Waals surface area (Å²) >= 11 is 7.86. The van der Waals surface area contributed by atoms with Gasteiger partial charge in [0.25, 0.3) is 11.8 Å². The lowest BCUT2D eigenvalue weighted by Crippen LogP contribution is -2.40. The number of carbonyl (C=O) groups is 2. The van der Waals surface area contributed by atoms with Gasteiger partial charge in [0.15, 0.2) is 11.6 Å². The molecule has 0 aliphatic carbocycles. The van der Waals surface area contributed by atoms with Crippen LogP contribution in [-0.4, -0.2) is 33.2 Å². The Balaban J connectivity index is 1.24. The third kappa shape index (κ3) is 4.69. The molecule has 2 amide bonds. The molecule has 0 unspecified atom stereocenters. The van der Waals surface area contributed by atoms with Crippen molar-refractivity contribution in [3.8, 4) is 10.4 Å². The molecule has 2 N–H and O–H groups in total. The summed E-state index contributed by atoms with van der Waals surface area (Å²) in [6, 6.07) is 9.11. The molecule has 1 aromatic carbocycles. The fraction of sp³-hybridized carbons (Fsp3) is 0.160. The largest absolute Gasteiger partial charge is 0.347 e. The topological polar surface area (TPSA) is 78.1 Å². The van der Waals surface area contributed by atoms with Gasteiger partial charge in [-0.1, -0.05) is 23.7 Å². The van der Waals surface area contributed by atoms with Gasteiger partial charge in [-0.15, -0.1) is 11.3 Å². The van der Waals surface area contributed by atoms with Crippen LogP contribution in [0, 0.1) is 11.6 Å². The average molecular weight is 513 g/mol. The molecule has 0 fully saturated rings. The number of thiophene rings is 1. The maximum Gasteiger partial charge on any atom is 0.259 e. The number of pyridine rings is 1. The number of halogens is 3. The van der Waals surface area contributed by atoms with Crippen molar-refractivity contribution in [1.82, 2.24) is 20.2 Å². The predicted molar refractivity (Wildman–Crippen MR) is 131 cm³/mol. The molecule has 0 bridgehead atoms. The fourth-order valence-corrected chi connectivity index (χ4v) is 5.23. The molecule has 3 aromatic heterocycles. The molecule has 35 heavy (non-hydrogen) atoms. The van der Waals surface area contributed by atoms with Crippen molar-refractivity contribution in [2.45, 2.75) is 19.5 Å². The Morgan fingerprint density at radius 2 is 2.06 bits per heavy atom. The molecule has 178 valence electrons. The van der Waals surface area contributed by atoms with Crippen LogP contribution < -0.4 is 5.32 Å². The van der Waals surface area contributed by atoms with Crippen molar-refractivity contribution < 1.29 is 18.4 Å². The zero-order valence-corrected chi connectivity index (χ0v) is 19.9. The van der Waals surface area contributed by atoms with Crippen LogP contribution in [0.2, 0.25) is 5.02 Å². The van der Waals surface area contributed by atoms with Crippen LogP contribution in [0.25, 0.3) is 21.5 Å². The third-order valence-electron chi connectivity index (χ3n) is 5.74. The highest BCUT2D eigenvalue weighted by atomic mass is 35.5. The average Bonchev–Trinajstić information content (AvgIpc) is 3.49. The zero-order chi connectivity index (χ0) is 24.5. The number of aromatic nitrogens is 2. The normalized spacial score (nSPS) is 13.9. The number of nitrogens with zero attached hydrogens (tertiary/aromatic N) is 2. The van der Waals surface area contributed by atoms with E-state index in [1.807, 2.05) is 18.3 Å². The second-order valence-corrected chi connectivity index (χ2v) is 9.62. The predicted octanol–water partition coefficient (Wildman–Crippen LogP) is 5.20. The summed E-state index contributed by atoms with van der Waals surface area (Å²) < 4.78 is 26.7. The summed E-state index contributed by atoms with van der Waals surface area (Å²) in [7, 11) is 0. The van der Waals surface area contributed by atoms with Crippen LogP contribution >= 0.6 is 22.9 Å². The quantitative estimate of drug-likeness (QED) is 0.349. The van der Waals surface area contributed by atoms with Crippen molar-refractivity contribution in [3.05, 3.63) is 87.5 Å². The van der Waals surface area contributed by atoms with Crippen LogP contribution in [-0.2, 0) is 22.7 Å². The van der Waals surface area contributed by atoms with Gasteiger partial charge in [0, 0.05) is 46.2 Å². The molecular formula is C25H19ClF2N4O2S. The molecule has 0 atom stereocenters. The number of benzene rings is 1. The van der Waals surface area contributed by atoms with E-state index < -0.39 is 23.4 Å². The monoisotopic (exact) mass is 512 g/mol. The molecule has 5 rings (SSSR count). The number of aromatic amines is 1. The first kappa shape index (κ1) is 23.2. The van der Waals surface area contributed by atoms with E-state index in [1.165, 1.54) is 22.3 Å². The molecule has 6 nitrogen and oxygen atoms in total. The summed E-state index contributed by atoms with van der Waals surface area (Å²) in [5, 5.41) is 4.25. The molecule has 1 aliphatic heterocycles. The molecular weight excluding hydrogens is 494 g/mol. The van der Waals surface area contributed by atoms with Gasteiger partial charge in [-0.25, -0.2) is 13.8 Å². The molecule has 10 heteroatoms. The second-order valence-electron chi connectivity index (χ2n) is 8.05. The number of carbonyl (C=O) groups excluding carboxylic acids is 2. The van der Waals surface area contributed by atoms with E-state index in [1.54, 1.807) is 18.3 Å². The Hall–Kier alpha value is -3.56. The van der Waals surface area contributed by atoms with Gasteiger partial charge in [0.1, 0.15) is 11.2 Å². The minimum atomic E-state index is -0.970. The zero-order valence-electron chi connectivity index (χ0n) is 18.3. The van der Waals surface area contributed by atoms with Crippen molar-refractivity contribution in [1.29, 1.82) is 0 Å². The Morgan fingerprint density at radius 1 is 1.20 bits per heavy atom. The number of fused-ring (bicyclic) bond motifs is 1. The first-order valence-corrected chi connectivity index (χ1v) is 12.0. The maximum absolute atomic E-state index is 13.5. The first-order chi connectivity index (χ1) is 16.9. The highest BCUT2D eigenvalue weighted by Crippen LogP contribution is 2.36. The summed E-state index contributed by atoms with van der Waals surface area (Å²) in [6.07, 6.45) is 5.60. The Bertz CT molecular complexity index is 1480. The lowest BCUT2D eigenvalue weighted by molar-refractivity contribution is -0.131. The Morgan fingerprint density at radius 3 is 2.89 bits per heavy atom. The van der Waals surface area contributed by atoms with Gasteiger partial charge < -0.3 is 15.2 Å². The molecule has 0 saturated carbocycles. The molecule has 4 heterocycles. The summed E-state index contributed by atoms with van der Waals surface area (Å²) in [5.41, 5.74) is 2.13. The van der Waals surface area contributed by atoms with Crippen molar-refractivity contribution in [3.63, 3.8) is 0 Å². The van der Waals surface area contributed by atoms with E-state index in [9.17, 15) is 18.4 Å². The number of hydrogen-bond donors (Lipinski definition) is 2. The number of amides is 2. The molecule has 1 aliphatic rings. The van der Waals surface area contributed by atoms with E-state index >= 15 is 0 Å². The fourth-order valence-electron chi connectivity index (χ4n) is 4.01. The maximum atomic E-state index is 13.5. The molecule has 0 saturated heterocycles. The van der Waals surface area contributed by atoms with E-state index in [2.05, 4.69) is 15.3 Å².